The van der Waals surface area contributed by atoms with Gasteiger partial charge < -0.3 is 14.5 Å². The number of carbonyl (C=O) groups is 2. The van der Waals surface area contributed by atoms with Crippen molar-refractivity contribution in [1.82, 2.24) is 9.88 Å². The fourth-order valence-corrected chi connectivity index (χ4v) is 3.26. The van der Waals surface area contributed by atoms with Crippen LogP contribution in [0.2, 0.25) is 5.02 Å². The zero-order valence-electron chi connectivity index (χ0n) is 15.2. The molecule has 2 aromatic rings. The first-order valence-corrected chi connectivity index (χ1v) is 9.28. The van der Waals surface area contributed by atoms with E-state index in [0.29, 0.717) is 22.9 Å². The third-order valence-corrected chi connectivity index (χ3v) is 4.71. The molecular formula is C20H22ClN3O3. The van der Waals surface area contributed by atoms with Crippen molar-refractivity contribution in [3.63, 3.8) is 0 Å². The summed E-state index contributed by atoms with van der Waals surface area (Å²) in [4.78, 5) is 32.7. The summed E-state index contributed by atoms with van der Waals surface area (Å²) in [7, 11) is 1.66. The number of carbonyl (C=O) groups excluding carboxylic acids is 2. The molecule has 1 aliphatic rings. The number of esters is 1. The van der Waals surface area contributed by atoms with Gasteiger partial charge in [-0.1, -0.05) is 23.7 Å². The number of benzene rings is 1. The lowest BCUT2D eigenvalue weighted by Crippen LogP contribution is -2.31. The zero-order valence-corrected chi connectivity index (χ0v) is 16.0. The van der Waals surface area contributed by atoms with Crippen molar-refractivity contribution >= 4 is 29.3 Å². The van der Waals surface area contributed by atoms with Crippen molar-refractivity contribution < 1.29 is 14.3 Å². The van der Waals surface area contributed by atoms with E-state index in [-0.39, 0.29) is 12.5 Å². The van der Waals surface area contributed by atoms with E-state index in [0.717, 1.165) is 31.5 Å². The van der Waals surface area contributed by atoms with Crippen LogP contribution < -0.4 is 4.90 Å². The number of amides is 1. The van der Waals surface area contributed by atoms with Gasteiger partial charge in [-0.2, -0.15) is 0 Å². The van der Waals surface area contributed by atoms with Gasteiger partial charge in [0.1, 0.15) is 11.4 Å². The van der Waals surface area contributed by atoms with Crippen LogP contribution in [-0.2, 0) is 16.1 Å². The molecule has 0 bridgehead atoms. The minimum Gasteiger partial charge on any atom is -0.452 e. The number of nitrogens with zero attached hydrogens (tertiary/aromatic N) is 3. The molecule has 1 aliphatic heterocycles. The van der Waals surface area contributed by atoms with Crippen LogP contribution in [0, 0.1) is 0 Å². The summed E-state index contributed by atoms with van der Waals surface area (Å²) in [6.45, 7) is 1.82. The number of likely N-dealkylation sites (N-methyl/N-ethyl adjacent to an activating group) is 1. The molecule has 1 amide bonds. The molecule has 0 N–H and O–H groups in total. The Labute approximate surface area is 163 Å². The number of ether oxygens (including phenoxy) is 1. The van der Waals surface area contributed by atoms with Crippen molar-refractivity contribution in [2.75, 3.05) is 31.6 Å². The highest BCUT2D eigenvalue weighted by atomic mass is 35.5. The lowest BCUT2D eigenvalue weighted by Gasteiger charge is -2.20. The number of hydrogen-bond donors (Lipinski definition) is 0. The summed E-state index contributed by atoms with van der Waals surface area (Å²) < 4.78 is 5.25. The molecule has 0 atom stereocenters. The van der Waals surface area contributed by atoms with E-state index in [4.69, 9.17) is 16.3 Å². The van der Waals surface area contributed by atoms with Crippen LogP contribution in [0.3, 0.4) is 0 Å². The van der Waals surface area contributed by atoms with Crippen LogP contribution in [-0.4, -0.2) is 48.5 Å². The molecule has 0 aliphatic carbocycles. The summed E-state index contributed by atoms with van der Waals surface area (Å²) in [6.07, 6.45) is 3.82. The quantitative estimate of drug-likeness (QED) is 0.712. The molecule has 1 aromatic carbocycles. The fraction of sp³-hybridized carbons (Fsp3) is 0.350. The van der Waals surface area contributed by atoms with Gasteiger partial charge in [-0.05, 0) is 42.7 Å². The highest BCUT2D eigenvalue weighted by Gasteiger charge is 2.22. The zero-order chi connectivity index (χ0) is 19.2. The predicted molar refractivity (Wildman–Crippen MR) is 104 cm³/mol. The summed E-state index contributed by atoms with van der Waals surface area (Å²) in [5.41, 5.74) is 1.30. The SMILES string of the molecule is CN(Cc1cccc(Cl)c1)C(=O)COC(=O)c1cccnc1N1CCCC1. The molecule has 0 saturated carbocycles. The first-order valence-electron chi connectivity index (χ1n) is 8.90. The summed E-state index contributed by atoms with van der Waals surface area (Å²) in [5.74, 6) is -0.191. The minimum absolute atomic E-state index is 0.282. The average molecular weight is 388 g/mol. The number of anilines is 1. The first kappa shape index (κ1) is 19.2. The van der Waals surface area contributed by atoms with Gasteiger partial charge >= 0.3 is 5.97 Å². The standard InChI is InChI=1S/C20H22ClN3O3/c1-23(13-15-6-4-7-16(21)12-15)18(25)14-27-20(26)17-8-5-9-22-19(17)24-10-2-3-11-24/h4-9,12H,2-3,10-11,13-14H2,1H3. The van der Waals surface area contributed by atoms with E-state index in [1.165, 1.54) is 4.90 Å². The van der Waals surface area contributed by atoms with Gasteiger partial charge in [-0.15, -0.1) is 0 Å². The number of pyridine rings is 1. The Hall–Kier alpha value is -2.60. The number of hydrogen-bond acceptors (Lipinski definition) is 5. The molecule has 6 nitrogen and oxygen atoms in total. The second kappa shape index (κ2) is 8.86. The highest BCUT2D eigenvalue weighted by Crippen LogP contribution is 2.22. The lowest BCUT2D eigenvalue weighted by molar-refractivity contribution is -0.133. The Kier molecular flexibility index (Phi) is 6.29. The number of halogens is 1. The van der Waals surface area contributed by atoms with Crippen LogP contribution in [0.1, 0.15) is 28.8 Å². The van der Waals surface area contributed by atoms with E-state index in [1.54, 1.807) is 37.5 Å². The molecule has 7 heteroatoms. The van der Waals surface area contributed by atoms with E-state index in [9.17, 15) is 9.59 Å². The molecular weight excluding hydrogens is 366 g/mol. The van der Waals surface area contributed by atoms with E-state index in [2.05, 4.69) is 9.88 Å². The third kappa shape index (κ3) is 4.98. The summed E-state index contributed by atoms with van der Waals surface area (Å²) in [5, 5.41) is 0.616. The second-order valence-electron chi connectivity index (χ2n) is 6.52. The smallest absolute Gasteiger partial charge is 0.342 e. The Morgan fingerprint density at radius 2 is 2.00 bits per heavy atom. The van der Waals surface area contributed by atoms with E-state index < -0.39 is 5.97 Å². The lowest BCUT2D eigenvalue weighted by atomic mass is 10.2. The Balaban J connectivity index is 1.58. The van der Waals surface area contributed by atoms with Crippen molar-refractivity contribution in [1.29, 1.82) is 0 Å². The number of rotatable bonds is 6. The Bertz CT molecular complexity index is 822. The summed E-state index contributed by atoms with van der Waals surface area (Å²) >= 11 is 5.96. The number of aromatic nitrogens is 1. The largest absolute Gasteiger partial charge is 0.452 e. The van der Waals surface area contributed by atoms with Gasteiger partial charge in [0.2, 0.25) is 0 Å². The molecule has 0 spiro atoms. The molecule has 1 saturated heterocycles. The van der Waals surface area contributed by atoms with Crippen molar-refractivity contribution in [2.24, 2.45) is 0 Å². The molecule has 3 rings (SSSR count). The normalized spacial score (nSPS) is 13.5. The maximum atomic E-state index is 12.5. The topological polar surface area (TPSA) is 62.7 Å². The highest BCUT2D eigenvalue weighted by molar-refractivity contribution is 6.30. The van der Waals surface area contributed by atoms with Crippen molar-refractivity contribution in [3.05, 3.63) is 58.7 Å². The van der Waals surface area contributed by atoms with Crippen LogP contribution >= 0.6 is 11.6 Å². The molecule has 1 fully saturated rings. The minimum atomic E-state index is -0.533. The van der Waals surface area contributed by atoms with Crippen LogP contribution in [0.4, 0.5) is 5.82 Å². The molecule has 0 unspecified atom stereocenters. The van der Waals surface area contributed by atoms with Crippen LogP contribution in [0.15, 0.2) is 42.6 Å². The van der Waals surface area contributed by atoms with Crippen molar-refractivity contribution in [2.45, 2.75) is 19.4 Å². The van der Waals surface area contributed by atoms with Gasteiger partial charge in [-0.25, -0.2) is 9.78 Å². The van der Waals surface area contributed by atoms with E-state index >= 15 is 0 Å². The van der Waals surface area contributed by atoms with Gasteiger partial charge in [0.15, 0.2) is 6.61 Å². The van der Waals surface area contributed by atoms with Crippen LogP contribution in [0.25, 0.3) is 0 Å². The summed E-state index contributed by atoms with van der Waals surface area (Å²) in [6, 6.07) is 10.7. The average Bonchev–Trinajstić information content (AvgIpc) is 3.20. The maximum absolute atomic E-state index is 12.5. The predicted octanol–water partition coefficient (Wildman–Crippen LogP) is 3.15. The molecule has 142 valence electrons. The van der Waals surface area contributed by atoms with Crippen molar-refractivity contribution in [3.8, 4) is 0 Å². The van der Waals surface area contributed by atoms with Gasteiger partial charge in [0.05, 0.1) is 0 Å². The maximum Gasteiger partial charge on any atom is 0.342 e. The monoisotopic (exact) mass is 387 g/mol. The molecule has 0 radical (unpaired) electrons. The van der Waals surface area contributed by atoms with Crippen LogP contribution in [0.5, 0.6) is 0 Å². The van der Waals surface area contributed by atoms with Gasteiger partial charge in [0.25, 0.3) is 5.91 Å². The van der Waals surface area contributed by atoms with Gasteiger partial charge in [-0.3, -0.25) is 4.79 Å². The first-order chi connectivity index (χ1) is 13.0. The van der Waals surface area contributed by atoms with E-state index in [1.807, 2.05) is 12.1 Å². The molecule has 27 heavy (non-hydrogen) atoms. The third-order valence-electron chi connectivity index (χ3n) is 4.47. The fourth-order valence-electron chi connectivity index (χ4n) is 3.05. The van der Waals surface area contributed by atoms with Gasteiger partial charge in [0, 0.05) is 37.9 Å². The molecule has 2 heterocycles. The Morgan fingerprint density at radius 3 is 2.74 bits per heavy atom. The molecule has 1 aromatic heterocycles. The second-order valence-corrected chi connectivity index (χ2v) is 6.96. The Morgan fingerprint density at radius 1 is 1.22 bits per heavy atom.